The lowest BCUT2D eigenvalue weighted by molar-refractivity contribution is 0.688. The van der Waals surface area contributed by atoms with E-state index < -0.39 is 0 Å². The van der Waals surface area contributed by atoms with Crippen molar-refractivity contribution in [2.24, 2.45) is 0 Å². The minimum Gasteiger partial charge on any atom is -0.373 e. The summed E-state index contributed by atoms with van der Waals surface area (Å²) in [6.45, 7) is 1.96. The van der Waals surface area contributed by atoms with Crippen molar-refractivity contribution in [1.82, 2.24) is 5.32 Å². The molecule has 1 aliphatic rings. The summed E-state index contributed by atoms with van der Waals surface area (Å²) in [6, 6.07) is 7.13. The van der Waals surface area contributed by atoms with Gasteiger partial charge in [0.05, 0.1) is 10.7 Å². The van der Waals surface area contributed by atoms with Gasteiger partial charge in [0, 0.05) is 31.9 Å². The topological polar surface area (TPSA) is 15.3 Å². The van der Waals surface area contributed by atoms with E-state index in [0.717, 1.165) is 35.6 Å². The molecule has 1 N–H and O–H groups in total. The molecule has 1 fully saturated rings. The standard InChI is InChI=1S/C14H21ClN2S/c1-17(7-8-18-2)14-6-3-11(9-13(14)15)10-16-12-4-5-12/h3,6,9,12,16H,4-5,7-8,10H2,1-2H3. The van der Waals surface area contributed by atoms with E-state index in [9.17, 15) is 0 Å². The summed E-state index contributed by atoms with van der Waals surface area (Å²) in [7, 11) is 2.10. The number of rotatable bonds is 7. The monoisotopic (exact) mass is 284 g/mol. The summed E-state index contributed by atoms with van der Waals surface area (Å²) in [5.41, 5.74) is 2.40. The molecule has 0 saturated heterocycles. The summed E-state index contributed by atoms with van der Waals surface area (Å²) >= 11 is 8.22. The largest absolute Gasteiger partial charge is 0.373 e. The first-order valence-electron chi connectivity index (χ1n) is 6.42. The maximum absolute atomic E-state index is 6.36. The predicted molar refractivity (Wildman–Crippen MR) is 83.0 cm³/mol. The third kappa shape index (κ3) is 4.08. The number of hydrogen-bond acceptors (Lipinski definition) is 3. The average molecular weight is 285 g/mol. The molecule has 0 radical (unpaired) electrons. The average Bonchev–Trinajstić information content (AvgIpc) is 3.17. The fourth-order valence-electron chi connectivity index (χ4n) is 1.87. The highest BCUT2D eigenvalue weighted by atomic mass is 35.5. The number of nitrogens with one attached hydrogen (secondary N) is 1. The van der Waals surface area contributed by atoms with Gasteiger partial charge in [-0.25, -0.2) is 0 Å². The van der Waals surface area contributed by atoms with Gasteiger partial charge >= 0.3 is 0 Å². The molecular weight excluding hydrogens is 264 g/mol. The fourth-order valence-corrected chi connectivity index (χ4v) is 2.67. The zero-order valence-corrected chi connectivity index (χ0v) is 12.7. The van der Waals surface area contributed by atoms with Crippen LogP contribution in [0.25, 0.3) is 0 Å². The second kappa shape index (κ2) is 6.69. The van der Waals surface area contributed by atoms with Crippen LogP contribution in [0.3, 0.4) is 0 Å². The molecule has 4 heteroatoms. The molecule has 0 bridgehead atoms. The van der Waals surface area contributed by atoms with E-state index in [2.05, 4.69) is 41.7 Å². The fraction of sp³-hybridized carbons (Fsp3) is 0.571. The van der Waals surface area contributed by atoms with E-state index in [1.54, 1.807) is 0 Å². The molecule has 1 aromatic carbocycles. The lowest BCUT2D eigenvalue weighted by atomic mass is 10.2. The third-order valence-corrected chi connectivity index (χ3v) is 4.12. The number of thioether (sulfide) groups is 1. The van der Waals surface area contributed by atoms with E-state index in [1.165, 1.54) is 18.4 Å². The quantitative estimate of drug-likeness (QED) is 0.826. The van der Waals surface area contributed by atoms with Crippen LogP contribution in [0.5, 0.6) is 0 Å². The van der Waals surface area contributed by atoms with Crippen molar-refractivity contribution in [2.45, 2.75) is 25.4 Å². The number of nitrogens with zero attached hydrogens (tertiary/aromatic N) is 1. The maximum Gasteiger partial charge on any atom is 0.0642 e. The first-order valence-corrected chi connectivity index (χ1v) is 8.20. The van der Waals surface area contributed by atoms with Crippen molar-refractivity contribution in [3.8, 4) is 0 Å². The molecule has 1 aliphatic carbocycles. The molecule has 100 valence electrons. The summed E-state index contributed by atoms with van der Waals surface area (Å²) in [4.78, 5) is 2.22. The first-order chi connectivity index (χ1) is 8.70. The van der Waals surface area contributed by atoms with Crippen molar-refractivity contribution < 1.29 is 0 Å². The maximum atomic E-state index is 6.36. The van der Waals surface area contributed by atoms with Crippen molar-refractivity contribution in [3.05, 3.63) is 28.8 Å². The van der Waals surface area contributed by atoms with Crippen molar-refractivity contribution in [2.75, 3.05) is 30.5 Å². The van der Waals surface area contributed by atoms with Gasteiger partial charge in [-0.3, -0.25) is 0 Å². The molecule has 0 aliphatic heterocycles. The molecule has 0 amide bonds. The van der Waals surface area contributed by atoms with Gasteiger partial charge < -0.3 is 10.2 Å². The van der Waals surface area contributed by atoms with Crippen LogP contribution in [0.15, 0.2) is 18.2 Å². The van der Waals surface area contributed by atoms with Gasteiger partial charge in [-0.15, -0.1) is 0 Å². The van der Waals surface area contributed by atoms with Gasteiger partial charge in [0.15, 0.2) is 0 Å². The Morgan fingerprint density at radius 3 is 2.83 bits per heavy atom. The Morgan fingerprint density at radius 2 is 2.22 bits per heavy atom. The summed E-state index contributed by atoms with van der Waals surface area (Å²) in [5.74, 6) is 1.12. The van der Waals surface area contributed by atoms with Gasteiger partial charge in [-0.2, -0.15) is 11.8 Å². The molecular formula is C14H21ClN2S. The van der Waals surface area contributed by atoms with Crippen LogP contribution in [0.2, 0.25) is 5.02 Å². The molecule has 0 aromatic heterocycles. The Labute approximate surface area is 119 Å². The highest BCUT2D eigenvalue weighted by molar-refractivity contribution is 7.98. The van der Waals surface area contributed by atoms with Gasteiger partial charge in [0.1, 0.15) is 0 Å². The Balaban J connectivity index is 1.94. The van der Waals surface area contributed by atoms with Crippen LogP contribution < -0.4 is 10.2 Å². The van der Waals surface area contributed by atoms with Crippen molar-refractivity contribution >= 4 is 29.1 Å². The predicted octanol–water partition coefficient (Wildman–Crippen LogP) is 3.39. The smallest absolute Gasteiger partial charge is 0.0642 e. The molecule has 2 nitrogen and oxygen atoms in total. The van der Waals surface area contributed by atoms with Gasteiger partial charge in [-0.05, 0) is 36.8 Å². The van der Waals surface area contributed by atoms with Crippen LogP contribution in [0, 0.1) is 0 Å². The van der Waals surface area contributed by atoms with Gasteiger partial charge in [0.2, 0.25) is 0 Å². The van der Waals surface area contributed by atoms with Crippen LogP contribution in [0.4, 0.5) is 5.69 Å². The van der Waals surface area contributed by atoms with Crippen LogP contribution in [-0.2, 0) is 6.54 Å². The summed E-state index contributed by atoms with van der Waals surface area (Å²) in [5, 5.41) is 4.36. The molecule has 2 rings (SSSR count). The molecule has 0 heterocycles. The SMILES string of the molecule is CSCCN(C)c1ccc(CNC2CC2)cc1Cl. The molecule has 0 spiro atoms. The molecule has 0 unspecified atom stereocenters. The Kier molecular flexibility index (Phi) is 5.22. The number of benzene rings is 1. The van der Waals surface area contributed by atoms with Crippen molar-refractivity contribution in [3.63, 3.8) is 0 Å². The highest BCUT2D eigenvalue weighted by Gasteiger charge is 2.20. The lowest BCUT2D eigenvalue weighted by Crippen LogP contribution is -2.21. The first kappa shape index (κ1) is 14.0. The highest BCUT2D eigenvalue weighted by Crippen LogP contribution is 2.27. The van der Waals surface area contributed by atoms with Crippen LogP contribution >= 0.6 is 23.4 Å². The number of anilines is 1. The zero-order valence-electron chi connectivity index (χ0n) is 11.1. The van der Waals surface area contributed by atoms with E-state index >= 15 is 0 Å². The molecule has 0 atom stereocenters. The van der Waals surface area contributed by atoms with E-state index in [1.807, 2.05) is 11.8 Å². The minimum atomic E-state index is 0.743. The van der Waals surface area contributed by atoms with Crippen LogP contribution in [0.1, 0.15) is 18.4 Å². The second-order valence-electron chi connectivity index (χ2n) is 4.86. The molecule has 18 heavy (non-hydrogen) atoms. The third-order valence-electron chi connectivity index (χ3n) is 3.23. The molecule has 1 aromatic rings. The lowest BCUT2D eigenvalue weighted by Gasteiger charge is -2.20. The van der Waals surface area contributed by atoms with Gasteiger partial charge in [0.25, 0.3) is 0 Å². The molecule has 1 saturated carbocycles. The summed E-state index contributed by atoms with van der Waals surface area (Å²) in [6.07, 6.45) is 4.77. The minimum absolute atomic E-state index is 0.743. The Hall–Kier alpha value is -0.380. The van der Waals surface area contributed by atoms with E-state index in [-0.39, 0.29) is 0 Å². The Morgan fingerprint density at radius 1 is 1.44 bits per heavy atom. The Bertz CT molecular complexity index is 393. The normalized spacial score (nSPS) is 14.8. The number of hydrogen-bond donors (Lipinski definition) is 1. The second-order valence-corrected chi connectivity index (χ2v) is 6.25. The van der Waals surface area contributed by atoms with E-state index in [0.29, 0.717) is 0 Å². The van der Waals surface area contributed by atoms with Crippen molar-refractivity contribution in [1.29, 1.82) is 0 Å². The van der Waals surface area contributed by atoms with E-state index in [4.69, 9.17) is 11.6 Å². The van der Waals surface area contributed by atoms with Crippen LogP contribution in [-0.4, -0.2) is 31.6 Å². The number of halogens is 1. The zero-order chi connectivity index (χ0) is 13.0. The summed E-state index contributed by atoms with van der Waals surface area (Å²) < 4.78 is 0. The van der Waals surface area contributed by atoms with Gasteiger partial charge in [-0.1, -0.05) is 17.7 Å².